The fourth-order valence-electron chi connectivity index (χ4n) is 1.41. The molecule has 0 amide bonds. The summed E-state index contributed by atoms with van der Waals surface area (Å²) in [6.07, 6.45) is 0. The Kier molecular flexibility index (Phi) is 2.73. The van der Waals surface area contributed by atoms with Gasteiger partial charge in [-0.2, -0.15) is 0 Å². The highest BCUT2D eigenvalue weighted by molar-refractivity contribution is 9.10. The fraction of sp³-hybridized carbons (Fsp3) is 0.222. The lowest BCUT2D eigenvalue weighted by Gasteiger charge is -2.12. The Morgan fingerprint density at radius 2 is 2.31 bits per heavy atom. The molecule has 1 aliphatic heterocycles. The van der Waals surface area contributed by atoms with E-state index in [9.17, 15) is 9.18 Å². The maximum atomic E-state index is 13.7. The summed E-state index contributed by atoms with van der Waals surface area (Å²) in [7, 11) is 0. The molecule has 0 saturated heterocycles. The standard InChI is InChI=1S/C9H7BrFNO4/c10-3-1-4-8(16-2-15-4)5(6(3)11)7(12)9(13)14/h1,7H,2,12H2,(H,13,14). The van der Waals surface area contributed by atoms with Gasteiger partial charge in [-0.15, -0.1) is 0 Å². The molecule has 0 bridgehead atoms. The quantitative estimate of drug-likeness (QED) is 0.861. The maximum Gasteiger partial charge on any atom is 0.325 e. The molecule has 7 heteroatoms. The number of carboxylic acid groups (broad SMARTS) is 1. The summed E-state index contributed by atoms with van der Waals surface area (Å²) >= 11 is 2.96. The number of benzene rings is 1. The molecule has 5 nitrogen and oxygen atoms in total. The minimum absolute atomic E-state index is 0.0515. The van der Waals surface area contributed by atoms with Gasteiger partial charge in [0.2, 0.25) is 6.79 Å². The van der Waals surface area contributed by atoms with Gasteiger partial charge in [-0.3, -0.25) is 4.79 Å². The normalized spacial score (nSPS) is 14.9. The van der Waals surface area contributed by atoms with Crippen LogP contribution in [0.25, 0.3) is 0 Å². The number of hydrogen-bond donors (Lipinski definition) is 2. The van der Waals surface area contributed by atoms with Gasteiger partial charge >= 0.3 is 5.97 Å². The van der Waals surface area contributed by atoms with Crippen LogP contribution in [-0.2, 0) is 4.79 Å². The van der Waals surface area contributed by atoms with Gasteiger partial charge in [0, 0.05) is 6.07 Å². The first-order valence-electron chi connectivity index (χ1n) is 4.28. The van der Waals surface area contributed by atoms with Crippen molar-refractivity contribution in [3.8, 4) is 11.5 Å². The van der Waals surface area contributed by atoms with E-state index in [0.29, 0.717) is 0 Å². The van der Waals surface area contributed by atoms with Crippen molar-refractivity contribution in [1.29, 1.82) is 0 Å². The van der Waals surface area contributed by atoms with E-state index in [4.69, 9.17) is 20.3 Å². The third-order valence-electron chi connectivity index (χ3n) is 2.17. The Labute approximate surface area is 98.1 Å². The maximum absolute atomic E-state index is 13.7. The smallest absolute Gasteiger partial charge is 0.325 e. The molecular weight excluding hydrogens is 285 g/mol. The predicted octanol–water partition coefficient (Wildman–Crippen LogP) is 1.40. The number of halogens is 2. The van der Waals surface area contributed by atoms with Gasteiger partial charge in [0.05, 0.1) is 10.0 Å². The van der Waals surface area contributed by atoms with Gasteiger partial charge in [-0.1, -0.05) is 0 Å². The number of nitrogens with two attached hydrogens (primary N) is 1. The Hall–Kier alpha value is -1.34. The average molecular weight is 292 g/mol. The molecule has 0 saturated carbocycles. The van der Waals surface area contributed by atoms with Crippen LogP contribution >= 0.6 is 15.9 Å². The van der Waals surface area contributed by atoms with Crippen molar-refractivity contribution < 1.29 is 23.8 Å². The second-order valence-corrected chi connectivity index (χ2v) is 3.99. The van der Waals surface area contributed by atoms with E-state index in [1.54, 1.807) is 0 Å². The minimum Gasteiger partial charge on any atom is -0.480 e. The summed E-state index contributed by atoms with van der Waals surface area (Å²) in [5, 5.41) is 8.78. The molecule has 3 N–H and O–H groups in total. The Balaban J connectivity index is 2.63. The van der Waals surface area contributed by atoms with Crippen molar-refractivity contribution in [3.05, 3.63) is 21.9 Å². The van der Waals surface area contributed by atoms with Crippen molar-refractivity contribution in [3.63, 3.8) is 0 Å². The number of carbonyl (C=O) groups is 1. The number of fused-ring (bicyclic) bond motifs is 1. The lowest BCUT2D eigenvalue weighted by molar-refractivity contribution is -0.138. The van der Waals surface area contributed by atoms with Gasteiger partial charge in [-0.05, 0) is 15.9 Å². The van der Waals surface area contributed by atoms with E-state index in [0.717, 1.165) is 0 Å². The van der Waals surface area contributed by atoms with E-state index in [1.807, 2.05) is 0 Å². The van der Waals surface area contributed by atoms with Crippen LogP contribution in [0.15, 0.2) is 10.5 Å². The topological polar surface area (TPSA) is 81.8 Å². The van der Waals surface area contributed by atoms with Crippen LogP contribution in [0.2, 0.25) is 0 Å². The zero-order chi connectivity index (χ0) is 11.9. The van der Waals surface area contributed by atoms with Crippen LogP contribution in [0.3, 0.4) is 0 Å². The third kappa shape index (κ3) is 1.61. The molecule has 1 atom stereocenters. The van der Waals surface area contributed by atoms with Crippen molar-refractivity contribution in [2.24, 2.45) is 5.73 Å². The number of aliphatic carboxylic acids is 1. The van der Waals surface area contributed by atoms with E-state index in [1.165, 1.54) is 6.07 Å². The third-order valence-corrected chi connectivity index (χ3v) is 2.74. The highest BCUT2D eigenvalue weighted by Crippen LogP contribution is 2.42. The van der Waals surface area contributed by atoms with Gasteiger partial charge in [0.1, 0.15) is 11.9 Å². The molecule has 0 radical (unpaired) electrons. The zero-order valence-electron chi connectivity index (χ0n) is 7.87. The summed E-state index contributed by atoms with van der Waals surface area (Å²) in [6.45, 7) is -0.0788. The molecule has 86 valence electrons. The molecule has 1 aromatic rings. The lowest BCUT2D eigenvalue weighted by Crippen LogP contribution is -2.22. The molecule has 1 aromatic carbocycles. The van der Waals surface area contributed by atoms with Crippen molar-refractivity contribution >= 4 is 21.9 Å². The first-order valence-corrected chi connectivity index (χ1v) is 5.07. The van der Waals surface area contributed by atoms with Crippen molar-refractivity contribution in [2.45, 2.75) is 6.04 Å². The number of hydrogen-bond acceptors (Lipinski definition) is 4. The lowest BCUT2D eigenvalue weighted by atomic mass is 10.1. The molecule has 0 aliphatic carbocycles. The molecule has 1 unspecified atom stereocenters. The number of ether oxygens (including phenoxy) is 2. The molecule has 2 rings (SSSR count). The SMILES string of the molecule is NC(C(=O)O)c1c(F)c(Br)cc2c1OCO2. The molecule has 16 heavy (non-hydrogen) atoms. The van der Waals surface area contributed by atoms with Gasteiger partial charge < -0.3 is 20.3 Å². The second kappa shape index (κ2) is 3.91. The first-order chi connectivity index (χ1) is 7.52. The highest BCUT2D eigenvalue weighted by atomic mass is 79.9. The second-order valence-electron chi connectivity index (χ2n) is 3.14. The fourth-order valence-corrected chi connectivity index (χ4v) is 1.84. The molecule has 0 fully saturated rings. The number of carboxylic acids is 1. The van der Waals surface area contributed by atoms with E-state index < -0.39 is 17.8 Å². The Morgan fingerprint density at radius 3 is 2.94 bits per heavy atom. The first kappa shape index (κ1) is 11.2. The summed E-state index contributed by atoms with van der Waals surface area (Å²) < 4.78 is 23.9. The Morgan fingerprint density at radius 1 is 1.62 bits per heavy atom. The van der Waals surface area contributed by atoms with Crippen molar-refractivity contribution in [2.75, 3.05) is 6.79 Å². The Bertz CT molecular complexity index is 465. The van der Waals surface area contributed by atoms with Crippen molar-refractivity contribution in [1.82, 2.24) is 0 Å². The van der Waals surface area contributed by atoms with Gasteiger partial charge in [-0.25, -0.2) is 4.39 Å². The summed E-state index contributed by atoms with van der Waals surface area (Å²) in [6, 6.07) is -0.122. The molecule has 0 spiro atoms. The van der Waals surface area contributed by atoms with Crippen LogP contribution in [0.4, 0.5) is 4.39 Å². The molecular formula is C9H7BrFNO4. The monoisotopic (exact) mass is 291 g/mol. The molecule has 0 aromatic heterocycles. The number of rotatable bonds is 2. The largest absolute Gasteiger partial charge is 0.480 e. The van der Waals surface area contributed by atoms with E-state index in [2.05, 4.69) is 15.9 Å². The van der Waals surface area contributed by atoms with Crippen LogP contribution in [-0.4, -0.2) is 17.9 Å². The van der Waals surface area contributed by atoms with E-state index in [-0.39, 0.29) is 28.3 Å². The van der Waals surface area contributed by atoms with Crippen LogP contribution in [0.1, 0.15) is 11.6 Å². The summed E-state index contributed by atoms with van der Waals surface area (Å²) in [4.78, 5) is 10.8. The van der Waals surface area contributed by atoms with Crippen LogP contribution in [0, 0.1) is 5.82 Å². The van der Waals surface area contributed by atoms with Gasteiger partial charge in [0.15, 0.2) is 11.5 Å². The molecule has 1 heterocycles. The summed E-state index contributed by atoms with van der Waals surface area (Å²) in [5.74, 6) is -1.76. The highest BCUT2D eigenvalue weighted by Gasteiger charge is 2.30. The minimum atomic E-state index is -1.49. The molecule has 1 aliphatic rings. The van der Waals surface area contributed by atoms with Crippen LogP contribution < -0.4 is 15.2 Å². The van der Waals surface area contributed by atoms with Crippen LogP contribution in [0.5, 0.6) is 11.5 Å². The summed E-state index contributed by atoms with van der Waals surface area (Å²) in [5.41, 5.74) is 5.17. The van der Waals surface area contributed by atoms with E-state index >= 15 is 0 Å². The predicted molar refractivity (Wildman–Crippen MR) is 54.8 cm³/mol. The van der Waals surface area contributed by atoms with Gasteiger partial charge in [0.25, 0.3) is 0 Å². The average Bonchev–Trinajstić information content (AvgIpc) is 2.66. The zero-order valence-corrected chi connectivity index (χ0v) is 9.45.